The summed E-state index contributed by atoms with van der Waals surface area (Å²) in [5.74, 6) is -1.88. The number of carbonyl (C=O) groups is 4. The molecule has 4 aromatic rings. The van der Waals surface area contributed by atoms with Crippen LogP contribution in [0.5, 0.6) is 11.5 Å². The summed E-state index contributed by atoms with van der Waals surface area (Å²) >= 11 is 0. The largest absolute Gasteiger partial charge is 0.507 e. The summed E-state index contributed by atoms with van der Waals surface area (Å²) in [5, 5.41) is 20.0. The first-order valence-corrected chi connectivity index (χ1v) is 14.1. The molecule has 0 aromatic heterocycles. The zero-order valence-corrected chi connectivity index (χ0v) is 24.3. The number of fused-ring (bicyclic) bond motifs is 1. The van der Waals surface area contributed by atoms with Crippen molar-refractivity contribution < 1.29 is 29.0 Å². The SMILES string of the molecule is CCC(C=O)NC(=O)c1cc(OCc2ccccc2)ccc1NC(=O)C(NC(=O)c1c(O)ccc2ccccc12)C(C)C. The molecule has 4 N–H and O–H groups in total. The monoisotopic (exact) mass is 581 g/mol. The molecule has 0 heterocycles. The molecule has 222 valence electrons. The van der Waals surface area contributed by atoms with E-state index in [0.717, 1.165) is 10.9 Å². The van der Waals surface area contributed by atoms with Crippen LogP contribution in [0.3, 0.4) is 0 Å². The molecule has 0 bridgehead atoms. The maximum absolute atomic E-state index is 13.6. The first kappa shape index (κ1) is 30.8. The maximum Gasteiger partial charge on any atom is 0.256 e. The summed E-state index contributed by atoms with van der Waals surface area (Å²) in [4.78, 5) is 51.6. The first-order valence-electron chi connectivity index (χ1n) is 14.1. The van der Waals surface area contributed by atoms with Gasteiger partial charge in [0.15, 0.2) is 0 Å². The topological polar surface area (TPSA) is 134 Å². The summed E-state index contributed by atoms with van der Waals surface area (Å²) in [6, 6.07) is 22.8. The highest BCUT2D eigenvalue weighted by atomic mass is 16.5. The predicted molar refractivity (Wildman–Crippen MR) is 165 cm³/mol. The van der Waals surface area contributed by atoms with Crippen LogP contribution in [0.4, 0.5) is 5.69 Å². The number of aromatic hydroxyl groups is 1. The van der Waals surface area contributed by atoms with Gasteiger partial charge in [0.1, 0.15) is 30.4 Å². The Hall–Kier alpha value is -5.18. The molecule has 2 atom stereocenters. The minimum absolute atomic E-state index is 0.0657. The standard InChI is InChI=1S/C34H35N3O6/c1-4-24(19-38)35-32(40)27-18-25(43-20-22-10-6-5-7-11-22)15-16-28(27)36-34(42)31(21(2)3)37-33(41)30-26-13-9-8-12-23(26)14-17-29(30)39/h5-19,21,24,31,39H,4,20H2,1-3H3,(H,35,40)(H,36,42)(H,37,41). The van der Waals surface area contributed by atoms with Crippen LogP contribution in [0.2, 0.25) is 0 Å². The molecule has 0 radical (unpaired) electrons. The van der Waals surface area contributed by atoms with Crippen molar-refractivity contribution in [2.45, 2.75) is 45.9 Å². The molecular formula is C34H35N3O6. The Bertz CT molecular complexity index is 1620. The van der Waals surface area contributed by atoms with Gasteiger partial charge in [0, 0.05) is 0 Å². The van der Waals surface area contributed by atoms with E-state index in [0.29, 0.717) is 23.8 Å². The van der Waals surface area contributed by atoms with Crippen molar-refractivity contribution in [2.24, 2.45) is 5.92 Å². The van der Waals surface area contributed by atoms with E-state index in [2.05, 4.69) is 16.0 Å². The summed E-state index contributed by atoms with van der Waals surface area (Å²) in [6.45, 7) is 5.59. The van der Waals surface area contributed by atoms with Crippen molar-refractivity contribution in [3.8, 4) is 11.5 Å². The molecule has 0 aliphatic heterocycles. The number of hydrogen-bond acceptors (Lipinski definition) is 6. The highest BCUT2D eigenvalue weighted by Crippen LogP contribution is 2.28. The fourth-order valence-corrected chi connectivity index (χ4v) is 4.59. The van der Waals surface area contributed by atoms with Gasteiger partial charge in [-0.05, 0) is 52.9 Å². The van der Waals surface area contributed by atoms with Crippen molar-refractivity contribution in [1.29, 1.82) is 0 Å². The van der Waals surface area contributed by atoms with Gasteiger partial charge in [0.2, 0.25) is 5.91 Å². The van der Waals surface area contributed by atoms with E-state index in [1.165, 1.54) is 12.1 Å². The van der Waals surface area contributed by atoms with E-state index >= 15 is 0 Å². The molecule has 43 heavy (non-hydrogen) atoms. The second-order valence-electron chi connectivity index (χ2n) is 10.5. The molecule has 0 fully saturated rings. The number of aldehydes is 1. The van der Waals surface area contributed by atoms with Gasteiger partial charge in [-0.25, -0.2) is 0 Å². The molecule has 3 amide bonds. The van der Waals surface area contributed by atoms with Crippen molar-refractivity contribution in [3.05, 3.63) is 102 Å². The maximum atomic E-state index is 13.6. The summed E-state index contributed by atoms with van der Waals surface area (Å²) in [6.07, 6.45) is 1.04. The number of rotatable bonds is 12. The van der Waals surface area contributed by atoms with Gasteiger partial charge < -0.3 is 30.6 Å². The number of amides is 3. The molecule has 0 saturated heterocycles. The number of benzene rings is 4. The third kappa shape index (κ3) is 7.56. The van der Waals surface area contributed by atoms with Gasteiger partial charge in [-0.2, -0.15) is 0 Å². The Labute approximate surface area is 250 Å². The lowest BCUT2D eigenvalue weighted by Crippen LogP contribution is -2.47. The van der Waals surface area contributed by atoms with Crippen LogP contribution in [0.15, 0.2) is 84.9 Å². The van der Waals surface area contributed by atoms with Crippen LogP contribution in [0.1, 0.15) is 53.5 Å². The third-order valence-corrected chi connectivity index (χ3v) is 7.03. The van der Waals surface area contributed by atoms with E-state index < -0.39 is 29.8 Å². The van der Waals surface area contributed by atoms with Crippen LogP contribution in [-0.2, 0) is 16.2 Å². The number of phenols is 1. The van der Waals surface area contributed by atoms with Crippen LogP contribution < -0.4 is 20.7 Å². The Balaban J connectivity index is 1.59. The Kier molecular flexibility index (Phi) is 10.1. The molecule has 4 rings (SSSR count). The minimum atomic E-state index is -1.01. The molecule has 0 saturated carbocycles. The quantitative estimate of drug-likeness (QED) is 0.170. The van der Waals surface area contributed by atoms with Crippen LogP contribution in [0.25, 0.3) is 10.8 Å². The average Bonchev–Trinajstić information content (AvgIpc) is 3.01. The summed E-state index contributed by atoms with van der Waals surface area (Å²) in [7, 11) is 0. The van der Waals surface area contributed by atoms with Gasteiger partial charge in [0.25, 0.3) is 11.8 Å². The lowest BCUT2D eigenvalue weighted by molar-refractivity contribution is -0.119. The van der Waals surface area contributed by atoms with Crippen molar-refractivity contribution in [3.63, 3.8) is 0 Å². The lowest BCUT2D eigenvalue weighted by atomic mass is 9.99. The summed E-state index contributed by atoms with van der Waals surface area (Å²) in [5.41, 5.74) is 1.28. The fraction of sp³-hybridized carbons (Fsp3) is 0.235. The number of hydrogen-bond donors (Lipinski definition) is 4. The van der Waals surface area contributed by atoms with E-state index in [-0.39, 0.29) is 35.1 Å². The average molecular weight is 582 g/mol. The van der Waals surface area contributed by atoms with Gasteiger partial charge in [-0.15, -0.1) is 0 Å². The lowest BCUT2D eigenvalue weighted by Gasteiger charge is -2.23. The van der Waals surface area contributed by atoms with Crippen LogP contribution in [-0.4, -0.2) is 41.2 Å². The van der Waals surface area contributed by atoms with Crippen molar-refractivity contribution in [2.75, 3.05) is 5.32 Å². The van der Waals surface area contributed by atoms with Crippen molar-refractivity contribution in [1.82, 2.24) is 10.6 Å². The van der Waals surface area contributed by atoms with Crippen LogP contribution >= 0.6 is 0 Å². The number of ether oxygens (including phenoxy) is 1. The molecule has 4 aromatic carbocycles. The van der Waals surface area contributed by atoms with Gasteiger partial charge in [0.05, 0.1) is 22.9 Å². The molecule has 9 heteroatoms. The zero-order valence-electron chi connectivity index (χ0n) is 24.3. The predicted octanol–water partition coefficient (Wildman–Crippen LogP) is 5.22. The zero-order chi connectivity index (χ0) is 30.9. The second kappa shape index (κ2) is 14.1. The Morgan fingerprint density at radius 1 is 0.884 bits per heavy atom. The van der Waals surface area contributed by atoms with Crippen molar-refractivity contribution >= 4 is 40.5 Å². The Morgan fingerprint density at radius 3 is 2.30 bits per heavy atom. The van der Waals surface area contributed by atoms with E-state index in [9.17, 15) is 24.3 Å². The van der Waals surface area contributed by atoms with Gasteiger partial charge >= 0.3 is 0 Å². The molecule has 0 spiro atoms. The van der Waals surface area contributed by atoms with E-state index in [1.54, 1.807) is 51.1 Å². The molecule has 9 nitrogen and oxygen atoms in total. The van der Waals surface area contributed by atoms with Gasteiger partial charge in [-0.1, -0.05) is 81.4 Å². The second-order valence-corrected chi connectivity index (χ2v) is 10.5. The smallest absolute Gasteiger partial charge is 0.256 e. The molecular weight excluding hydrogens is 546 g/mol. The van der Waals surface area contributed by atoms with Crippen LogP contribution in [0, 0.1) is 5.92 Å². The highest BCUT2D eigenvalue weighted by Gasteiger charge is 2.28. The molecule has 0 aliphatic carbocycles. The third-order valence-electron chi connectivity index (χ3n) is 7.03. The van der Waals surface area contributed by atoms with E-state index in [4.69, 9.17) is 4.74 Å². The molecule has 2 unspecified atom stereocenters. The Morgan fingerprint density at radius 2 is 1.60 bits per heavy atom. The minimum Gasteiger partial charge on any atom is -0.507 e. The number of anilines is 1. The number of phenolic OH excluding ortho intramolecular Hbond substituents is 1. The molecule has 0 aliphatic rings. The normalized spacial score (nSPS) is 12.3. The van der Waals surface area contributed by atoms with E-state index in [1.807, 2.05) is 42.5 Å². The number of nitrogens with one attached hydrogen (secondary N) is 3. The number of carbonyl (C=O) groups excluding carboxylic acids is 4. The van der Waals surface area contributed by atoms with Gasteiger partial charge in [-0.3, -0.25) is 14.4 Å². The summed E-state index contributed by atoms with van der Waals surface area (Å²) < 4.78 is 5.89. The fourth-order valence-electron chi connectivity index (χ4n) is 4.59. The highest BCUT2D eigenvalue weighted by molar-refractivity contribution is 6.11. The first-order chi connectivity index (χ1) is 20.7.